The number of carbonyl (C=O) groups excluding carboxylic acids is 2. The predicted molar refractivity (Wildman–Crippen MR) is 61.0 cm³/mol. The van der Waals surface area contributed by atoms with Crippen LogP contribution in [0.4, 0.5) is 0 Å². The van der Waals surface area contributed by atoms with Crippen molar-refractivity contribution < 1.29 is 29.4 Å². The van der Waals surface area contributed by atoms with Gasteiger partial charge in [0.25, 0.3) is 10.2 Å². The second-order valence-electron chi connectivity index (χ2n) is 3.42. The van der Waals surface area contributed by atoms with Crippen molar-refractivity contribution >= 4 is 11.6 Å². The highest BCUT2D eigenvalue weighted by Gasteiger charge is 2.11. The van der Waals surface area contributed by atoms with Crippen molar-refractivity contribution in [3.8, 4) is 0 Å². The zero-order valence-electron chi connectivity index (χ0n) is 9.88. The molecule has 0 heterocycles. The fourth-order valence-corrected chi connectivity index (χ4v) is 1.23. The molecule has 0 N–H and O–H groups in total. The Morgan fingerprint density at radius 3 is 1.40 bits per heavy atom. The molecule has 0 aliphatic rings. The number of ketones is 2. The molecule has 1 rings (SSSR count). The van der Waals surface area contributed by atoms with E-state index in [-0.39, 0.29) is 11.1 Å². The number of hydrogen-bond donors (Lipinski definition) is 0. The fraction of sp³-hybridized carbons (Fsp3) is 0.200. The predicted octanol–water partition coefficient (Wildman–Crippen LogP) is 0.469. The molecule has 10 nitrogen and oxygen atoms in total. The zero-order chi connectivity index (χ0) is 15.1. The first-order chi connectivity index (χ1) is 9.40. The first-order valence-electron chi connectivity index (χ1n) is 5.11. The molecule has 20 heavy (non-hydrogen) atoms. The lowest BCUT2D eigenvalue weighted by atomic mass is 10.1. The standard InChI is InChI=1S/C10H8N2O8/c13-9(5-19-11(15)16)7-1-2-8(4-3-7)10(14)6-20-12(17)18/h1-4H,5-6H2. The van der Waals surface area contributed by atoms with Crippen molar-refractivity contribution in [1.82, 2.24) is 0 Å². The molecule has 0 saturated carbocycles. The first kappa shape index (κ1) is 15.0. The van der Waals surface area contributed by atoms with E-state index in [9.17, 15) is 29.8 Å². The van der Waals surface area contributed by atoms with Gasteiger partial charge in [-0.05, 0) is 0 Å². The average Bonchev–Trinajstić information content (AvgIpc) is 2.42. The van der Waals surface area contributed by atoms with Crippen molar-refractivity contribution in [2.24, 2.45) is 0 Å². The summed E-state index contributed by atoms with van der Waals surface area (Å²) in [6.45, 7) is -1.46. The van der Waals surface area contributed by atoms with E-state index in [4.69, 9.17) is 0 Å². The monoisotopic (exact) mass is 284 g/mol. The molecule has 0 spiro atoms. The molecule has 0 fully saturated rings. The number of nitrogens with zero attached hydrogens (tertiary/aromatic N) is 2. The molecule has 0 bridgehead atoms. The summed E-state index contributed by atoms with van der Waals surface area (Å²) in [6, 6.07) is 5.02. The maximum absolute atomic E-state index is 11.4. The van der Waals surface area contributed by atoms with Gasteiger partial charge in [0.1, 0.15) is 0 Å². The molecule has 10 heteroatoms. The Kier molecular flexibility index (Phi) is 5.09. The molecule has 0 radical (unpaired) electrons. The van der Waals surface area contributed by atoms with Gasteiger partial charge in [0, 0.05) is 11.1 Å². The Labute approximate surface area is 111 Å². The third-order valence-corrected chi connectivity index (χ3v) is 2.13. The summed E-state index contributed by atoms with van der Waals surface area (Å²) in [6.07, 6.45) is 0. The van der Waals surface area contributed by atoms with Crippen LogP contribution in [0, 0.1) is 20.2 Å². The van der Waals surface area contributed by atoms with Crippen LogP contribution < -0.4 is 0 Å². The molecule has 106 valence electrons. The normalized spacial score (nSPS) is 9.60. The van der Waals surface area contributed by atoms with Gasteiger partial charge in [-0.1, -0.05) is 24.3 Å². The fourth-order valence-electron chi connectivity index (χ4n) is 1.23. The minimum atomic E-state index is -1.09. The van der Waals surface area contributed by atoms with Gasteiger partial charge in [-0.15, -0.1) is 20.2 Å². The molecular weight excluding hydrogens is 276 g/mol. The van der Waals surface area contributed by atoms with Crippen LogP contribution in [0.2, 0.25) is 0 Å². The Morgan fingerprint density at radius 1 is 0.850 bits per heavy atom. The molecule has 0 atom stereocenters. The summed E-state index contributed by atoms with van der Waals surface area (Å²) in [4.78, 5) is 50.5. The van der Waals surface area contributed by atoms with E-state index in [0.29, 0.717) is 0 Å². The second kappa shape index (κ2) is 6.78. The Bertz CT molecular complexity index is 490. The summed E-state index contributed by atoms with van der Waals surface area (Å²) < 4.78 is 0. The van der Waals surface area contributed by atoms with Crippen LogP contribution >= 0.6 is 0 Å². The maximum Gasteiger partial charge on any atom is 0.294 e. The number of rotatable bonds is 8. The van der Waals surface area contributed by atoms with E-state index < -0.39 is 35.0 Å². The average molecular weight is 284 g/mol. The largest absolute Gasteiger partial charge is 0.306 e. The van der Waals surface area contributed by atoms with Gasteiger partial charge >= 0.3 is 0 Å². The van der Waals surface area contributed by atoms with Crippen LogP contribution in [0.15, 0.2) is 24.3 Å². The van der Waals surface area contributed by atoms with Crippen molar-refractivity contribution in [1.29, 1.82) is 0 Å². The first-order valence-corrected chi connectivity index (χ1v) is 5.11. The summed E-state index contributed by atoms with van der Waals surface area (Å²) in [7, 11) is 0. The smallest absolute Gasteiger partial charge is 0.294 e. The van der Waals surface area contributed by atoms with Crippen molar-refractivity contribution in [2.45, 2.75) is 0 Å². The molecule has 0 aliphatic heterocycles. The zero-order valence-corrected chi connectivity index (χ0v) is 9.88. The quantitative estimate of drug-likeness (QED) is 0.381. The Morgan fingerprint density at radius 2 is 1.15 bits per heavy atom. The van der Waals surface area contributed by atoms with Crippen LogP contribution in [0.3, 0.4) is 0 Å². The van der Waals surface area contributed by atoms with Gasteiger partial charge in [-0.3, -0.25) is 9.59 Å². The highest BCUT2D eigenvalue weighted by atomic mass is 17.0. The second-order valence-corrected chi connectivity index (χ2v) is 3.42. The molecule has 0 aliphatic carbocycles. The molecule has 0 aromatic heterocycles. The molecular formula is C10H8N2O8. The van der Waals surface area contributed by atoms with Gasteiger partial charge in [-0.2, -0.15) is 0 Å². The van der Waals surface area contributed by atoms with Crippen molar-refractivity contribution in [2.75, 3.05) is 13.2 Å². The van der Waals surface area contributed by atoms with E-state index in [1.807, 2.05) is 0 Å². The molecule has 0 unspecified atom stereocenters. The lowest BCUT2D eigenvalue weighted by Gasteiger charge is -2.02. The summed E-state index contributed by atoms with van der Waals surface area (Å²) >= 11 is 0. The van der Waals surface area contributed by atoms with Gasteiger partial charge in [-0.25, -0.2) is 0 Å². The Hall–Kier alpha value is -3.04. The van der Waals surface area contributed by atoms with E-state index >= 15 is 0 Å². The molecule has 0 amide bonds. The summed E-state index contributed by atoms with van der Waals surface area (Å²) in [5.41, 5.74) is 0.220. The van der Waals surface area contributed by atoms with Crippen LogP contribution in [-0.4, -0.2) is 35.0 Å². The van der Waals surface area contributed by atoms with Crippen LogP contribution in [-0.2, 0) is 9.68 Å². The summed E-state index contributed by atoms with van der Waals surface area (Å²) in [5, 5.41) is 17.7. The maximum atomic E-state index is 11.4. The van der Waals surface area contributed by atoms with Gasteiger partial charge in [0.15, 0.2) is 24.8 Å². The lowest BCUT2D eigenvalue weighted by Crippen LogP contribution is -2.14. The van der Waals surface area contributed by atoms with E-state index in [2.05, 4.69) is 9.68 Å². The van der Waals surface area contributed by atoms with E-state index in [1.165, 1.54) is 24.3 Å². The number of carbonyl (C=O) groups is 2. The third-order valence-electron chi connectivity index (χ3n) is 2.13. The van der Waals surface area contributed by atoms with Crippen molar-refractivity contribution in [3.05, 3.63) is 55.6 Å². The van der Waals surface area contributed by atoms with Crippen LogP contribution in [0.1, 0.15) is 20.7 Å². The highest BCUT2D eigenvalue weighted by molar-refractivity contribution is 6.00. The SMILES string of the molecule is O=C(CO[N+](=O)[O-])c1ccc(C(=O)CO[N+](=O)[O-])cc1. The molecule has 1 aromatic rings. The lowest BCUT2D eigenvalue weighted by molar-refractivity contribution is -0.754. The van der Waals surface area contributed by atoms with Gasteiger partial charge in [0.05, 0.1) is 0 Å². The van der Waals surface area contributed by atoms with Crippen LogP contribution in [0.5, 0.6) is 0 Å². The molecule has 1 aromatic carbocycles. The highest BCUT2D eigenvalue weighted by Crippen LogP contribution is 2.07. The number of Topliss-reactive ketones (excluding diaryl/α,β-unsaturated/α-hetero) is 2. The van der Waals surface area contributed by atoms with Crippen molar-refractivity contribution in [3.63, 3.8) is 0 Å². The topological polar surface area (TPSA) is 139 Å². The van der Waals surface area contributed by atoms with Gasteiger partial charge < -0.3 is 9.68 Å². The minimum Gasteiger partial charge on any atom is -0.306 e. The van der Waals surface area contributed by atoms with Gasteiger partial charge in [0.2, 0.25) is 0 Å². The summed E-state index contributed by atoms with van der Waals surface area (Å²) in [5.74, 6) is -1.27. The molecule has 0 saturated heterocycles. The minimum absolute atomic E-state index is 0.110. The van der Waals surface area contributed by atoms with Crippen LogP contribution in [0.25, 0.3) is 0 Å². The number of benzene rings is 1. The van der Waals surface area contributed by atoms with E-state index in [1.54, 1.807) is 0 Å². The third kappa shape index (κ3) is 4.68. The van der Waals surface area contributed by atoms with E-state index in [0.717, 1.165) is 0 Å². The Balaban J connectivity index is 2.63. The number of hydrogen-bond acceptors (Lipinski definition) is 8.